The molecule has 0 spiro atoms. The van der Waals surface area contributed by atoms with E-state index in [9.17, 15) is 9.59 Å². The topological polar surface area (TPSA) is 72.6 Å². The van der Waals surface area contributed by atoms with Gasteiger partial charge < -0.3 is 15.4 Å². The van der Waals surface area contributed by atoms with Crippen LogP contribution in [-0.4, -0.2) is 36.5 Å². The summed E-state index contributed by atoms with van der Waals surface area (Å²) in [5, 5.41) is 0. The van der Waals surface area contributed by atoms with Crippen LogP contribution in [-0.2, 0) is 14.3 Å². The molecular weight excluding hydrogens is 256 g/mol. The average molecular weight is 276 g/mol. The molecule has 3 unspecified atom stereocenters. The Hall–Kier alpha value is -1.88. The highest BCUT2D eigenvalue weighted by Gasteiger charge is 2.45. The maximum Gasteiger partial charge on any atom is 0.305 e. The number of amides is 1. The van der Waals surface area contributed by atoms with Crippen LogP contribution in [0.3, 0.4) is 0 Å². The predicted octanol–water partition coefficient (Wildman–Crippen LogP) is 1.10. The minimum absolute atomic E-state index is 0.0464. The summed E-state index contributed by atoms with van der Waals surface area (Å²) < 4.78 is 4.65. The normalized spacial score (nSPS) is 23.1. The summed E-state index contributed by atoms with van der Waals surface area (Å²) in [6.07, 6.45) is 0.303. The molecule has 108 valence electrons. The van der Waals surface area contributed by atoms with Crippen molar-refractivity contribution in [3.63, 3.8) is 0 Å². The summed E-state index contributed by atoms with van der Waals surface area (Å²) in [5.41, 5.74) is 6.94. The minimum Gasteiger partial charge on any atom is -0.469 e. The van der Waals surface area contributed by atoms with Crippen LogP contribution < -0.4 is 5.73 Å². The zero-order valence-corrected chi connectivity index (χ0v) is 11.8. The van der Waals surface area contributed by atoms with Gasteiger partial charge in [-0.25, -0.2) is 0 Å². The molecule has 1 saturated heterocycles. The molecule has 0 aliphatic carbocycles. The molecule has 0 bridgehead atoms. The first-order valence-electron chi connectivity index (χ1n) is 6.72. The number of β-lactam (4-membered cyclic amide) rings is 1. The van der Waals surface area contributed by atoms with Crippen LogP contribution in [0.25, 0.3) is 0 Å². The summed E-state index contributed by atoms with van der Waals surface area (Å²) in [6.45, 7) is 2.44. The largest absolute Gasteiger partial charge is 0.469 e. The van der Waals surface area contributed by atoms with E-state index in [1.54, 1.807) is 4.90 Å². The molecule has 3 atom stereocenters. The Morgan fingerprint density at radius 2 is 2.05 bits per heavy atom. The number of rotatable bonds is 5. The number of carbonyl (C=O) groups excluding carboxylic acids is 2. The standard InChI is InChI=1S/C15H20N2O3/c1-10(8-12(18)20-2)9-17-14(13(16)15(17)19)11-6-4-3-5-7-11/h3-7,10,13-14H,8-9,16H2,1-2H3. The molecule has 1 fully saturated rings. The Labute approximate surface area is 118 Å². The summed E-state index contributed by atoms with van der Waals surface area (Å²) in [5.74, 6) is -0.272. The highest BCUT2D eigenvalue weighted by molar-refractivity contribution is 5.89. The van der Waals surface area contributed by atoms with Crippen molar-refractivity contribution in [2.24, 2.45) is 11.7 Å². The smallest absolute Gasteiger partial charge is 0.305 e. The van der Waals surface area contributed by atoms with Crippen LogP contribution in [0.4, 0.5) is 0 Å². The fraction of sp³-hybridized carbons (Fsp3) is 0.467. The number of likely N-dealkylation sites (tertiary alicyclic amines) is 1. The third-order valence-corrected chi connectivity index (χ3v) is 3.64. The lowest BCUT2D eigenvalue weighted by atomic mass is 9.88. The molecule has 20 heavy (non-hydrogen) atoms. The molecule has 1 aromatic carbocycles. The van der Waals surface area contributed by atoms with Crippen molar-refractivity contribution in [3.8, 4) is 0 Å². The average Bonchev–Trinajstić information content (AvgIpc) is 2.47. The molecule has 1 amide bonds. The summed E-state index contributed by atoms with van der Waals surface area (Å²) >= 11 is 0. The molecule has 2 N–H and O–H groups in total. The molecule has 5 nitrogen and oxygen atoms in total. The van der Waals surface area contributed by atoms with Gasteiger partial charge in [0.05, 0.1) is 13.2 Å². The fourth-order valence-corrected chi connectivity index (χ4v) is 2.58. The SMILES string of the molecule is COC(=O)CC(C)CN1C(=O)C(N)C1c1ccccc1. The lowest BCUT2D eigenvalue weighted by Gasteiger charge is -2.46. The van der Waals surface area contributed by atoms with Crippen molar-refractivity contribution in [1.29, 1.82) is 0 Å². The fourth-order valence-electron chi connectivity index (χ4n) is 2.58. The van der Waals surface area contributed by atoms with Gasteiger partial charge in [-0.2, -0.15) is 0 Å². The molecule has 0 aromatic heterocycles. The van der Waals surface area contributed by atoms with E-state index in [4.69, 9.17) is 5.73 Å². The molecule has 0 radical (unpaired) electrons. The summed E-state index contributed by atoms with van der Waals surface area (Å²) in [4.78, 5) is 24.9. The Balaban J connectivity index is 2.03. The van der Waals surface area contributed by atoms with Crippen molar-refractivity contribution >= 4 is 11.9 Å². The second kappa shape index (κ2) is 6.05. The van der Waals surface area contributed by atoms with E-state index in [1.807, 2.05) is 37.3 Å². The van der Waals surface area contributed by atoms with Gasteiger partial charge in [-0.05, 0) is 11.5 Å². The summed E-state index contributed by atoms with van der Waals surface area (Å²) in [7, 11) is 1.37. The van der Waals surface area contributed by atoms with Crippen molar-refractivity contribution < 1.29 is 14.3 Å². The number of nitrogens with zero attached hydrogens (tertiary/aromatic N) is 1. The number of hydrogen-bond acceptors (Lipinski definition) is 4. The second-order valence-corrected chi connectivity index (χ2v) is 5.26. The van der Waals surface area contributed by atoms with Crippen molar-refractivity contribution in [1.82, 2.24) is 4.90 Å². The molecule has 1 aliphatic rings. The van der Waals surface area contributed by atoms with E-state index in [1.165, 1.54) is 7.11 Å². The van der Waals surface area contributed by atoms with Gasteiger partial charge in [0.1, 0.15) is 6.04 Å². The van der Waals surface area contributed by atoms with Crippen LogP contribution in [0.5, 0.6) is 0 Å². The van der Waals surface area contributed by atoms with Crippen LogP contribution >= 0.6 is 0 Å². The maximum atomic E-state index is 11.9. The molecule has 1 heterocycles. The van der Waals surface area contributed by atoms with Gasteiger partial charge in [0.25, 0.3) is 0 Å². The van der Waals surface area contributed by atoms with Gasteiger partial charge in [0.2, 0.25) is 5.91 Å². The maximum absolute atomic E-state index is 11.9. The van der Waals surface area contributed by atoms with Crippen LogP contribution in [0, 0.1) is 5.92 Å². The third kappa shape index (κ3) is 2.82. The number of nitrogens with two attached hydrogens (primary N) is 1. The van der Waals surface area contributed by atoms with Gasteiger partial charge in [0.15, 0.2) is 0 Å². The number of esters is 1. The molecule has 1 aromatic rings. The van der Waals surface area contributed by atoms with E-state index >= 15 is 0 Å². The van der Waals surface area contributed by atoms with E-state index < -0.39 is 6.04 Å². The molecule has 0 saturated carbocycles. The first-order chi connectivity index (χ1) is 9.54. The van der Waals surface area contributed by atoms with Crippen molar-refractivity contribution in [2.75, 3.05) is 13.7 Å². The van der Waals surface area contributed by atoms with Crippen molar-refractivity contribution in [3.05, 3.63) is 35.9 Å². The quantitative estimate of drug-likeness (QED) is 0.645. The predicted molar refractivity (Wildman–Crippen MR) is 74.7 cm³/mol. The van der Waals surface area contributed by atoms with Gasteiger partial charge in [-0.1, -0.05) is 37.3 Å². The highest BCUT2D eigenvalue weighted by Crippen LogP contribution is 2.34. The Morgan fingerprint density at radius 1 is 1.40 bits per heavy atom. The zero-order valence-electron chi connectivity index (χ0n) is 11.8. The van der Waals surface area contributed by atoms with Gasteiger partial charge >= 0.3 is 5.97 Å². The Morgan fingerprint density at radius 3 is 2.65 bits per heavy atom. The van der Waals surface area contributed by atoms with E-state index in [0.717, 1.165) is 5.56 Å². The monoisotopic (exact) mass is 276 g/mol. The number of hydrogen-bond donors (Lipinski definition) is 1. The number of carbonyl (C=O) groups is 2. The minimum atomic E-state index is -0.484. The molecular formula is C15H20N2O3. The van der Waals surface area contributed by atoms with E-state index in [0.29, 0.717) is 13.0 Å². The van der Waals surface area contributed by atoms with Gasteiger partial charge in [-0.3, -0.25) is 9.59 Å². The zero-order chi connectivity index (χ0) is 14.7. The molecule has 5 heteroatoms. The summed E-state index contributed by atoms with van der Waals surface area (Å²) in [6, 6.07) is 9.15. The third-order valence-electron chi connectivity index (χ3n) is 3.64. The lowest BCUT2D eigenvalue weighted by molar-refractivity contribution is -0.152. The van der Waals surface area contributed by atoms with Gasteiger partial charge in [0, 0.05) is 13.0 Å². The van der Waals surface area contributed by atoms with Crippen LogP contribution in [0.1, 0.15) is 24.9 Å². The number of ether oxygens (including phenoxy) is 1. The first-order valence-corrected chi connectivity index (χ1v) is 6.72. The van der Waals surface area contributed by atoms with Gasteiger partial charge in [-0.15, -0.1) is 0 Å². The van der Waals surface area contributed by atoms with Crippen LogP contribution in [0.15, 0.2) is 30.3 Å². The van der Waals surface area contributed by atoms with E-state index in [-0.39, 0.29) is 23.8 Å². The second-order valence-electron chi connectivity index (χ2n) is 5.26. The lowest BCUT2D eigenvalue weighted by Crippen LogP contribution is -2.63. The van der Waals surface area contributed by atoms with Crippen LogP contribution in [0.2, 0.25) is 0 Å². The number of methoxy groups -OCH3 is 1. The highest BCUT2D eigenvalue weighted by atomic mass is 16.5. The Kier molecular flexibility index (Phi) is 4.39. The van der Waals surface area contributed by atoms with E-state index in [2.05, 4.69) is 4.74 Å². The molecule has 2 rings (SSSR count). The molecule has 1 aliphatic heterocycles. The Bertz CT molecular complexity index is 489. The van der Waals surface area contributed by atoms with Crippen molar-refractivity contribution in [2.45, 2.75) is 25.4 Å². The first kappa shape index (κ1) is 14.5. The number of benzene rings is 1.